The second-order valence-corrected chi connectivity index (χ2v) is 7.71. The van der Waals surface area contributed by atoms with Crippen LogP contribution < -0.4 is 10.0 Å². The van der Waals surface area contributed by atoms with E-state index < -0.39 is 16.0 Å². The highest BCUT2D eigenvalue weighted by Gasteiger charge is 2.19. The zero-order valence-electron chi connectivity index (χ0n) is 13.0. The van der Waals surface area contributed by atoms with Gasteiger partial charge in [0, 0.05) is 6.54 Å². The summed E-state index contributed by atoms with van der Waals surface area (Å²) in [6.45, 7) is 2.35. The van der Waals surface area contributed by atoms with Crippen molar-refractivity contribution in [3.63, 3.8) is 0 Å². The van der Waals surface area contributed by atoms with Crippen LogP contribution >= 0.6 is 11.6 Å². The van der Waals surface area contributed by atoms with Crippen LogP contribution in [-0.4, -0.2) is 41.1 Å². The summed E-state index contributed by atoms with van der Waals surface area (Å²) in [7, 11) is -2.40. The number of hydrogen-bond donors (Lipinski definition) is 2. The van der Waals surface area contributed by atoms with Gasteiger partial charge < -0.3 is 10.1 Å². The topological polar surface area (TPSA) is 84.5 Å². The number of esters is 1. The maximum Gasteiger partial charge on any atom is 0.339 e. The van der Waals surface area contributed by atoms with Crippen LogP contribution in [0.3, 0.4) is 0 Å². The van der Waals surface area contributed by atoms with Crippen molar-refractivity contribution in [2.24, 2.45) is 5.92 Å². The van der Waals surface area contributed by atoms with E-state index >= 15 is 0 Å². The molecule has 0 aromatic heterocycles. The molecule has 6 nitrogen and oxygen atoms in total. The van der Waals surface area contributed by atoms with Crippen LogP contribution in [0.4, 0.5) is 0 Å². The van der Waals surface area contributed by atoms with E-state index in [0.717, 1.165) is 32.4 Å². The predicted molar refractivity (Wildman–Crippen MR) is 88.2 cm³/mol. The maximum absolute atomic E-state index is 12.3. The Bertz CT molecular complexity index is 657. The fourth-order valence-corrected chi connectivity index (χ4v) is 3.99. The molecular formula is C15H21ClN2O4S. The zero-order chi connectivity index (χ0) is 16.9. The minimum atomic E-state index is -3.64. The third-order valence-electron chi connectivity index (χ3n) is 3.90. The molecule has 23 heavy (non-hydrogen) atoms. The van der Waals surface area contributed by atoms with E-state index in [1.54, 1.807) is 0 Å². The minimum absolute atomic E-state index is 0.0388. The van der Waals surface area contributed by atoms with E-state index in [2.05, 4.69) is 14.8 Å². The number of methoxy groups -OCH3 is 1. The fourth-order valence-electron chi connectivity index (χ4n) is 2.59. The molecule has 1 atom stereocenters. The van der Waals surface area contributed by atoms with E-state index in [0.29, 0.717) is 12.5 Å². The second-order valence-electron chi connectivity index (χ2n) is 5.53. The van der Waals surface area contributed by atoms with Crippen LogP contribution in [0.25, 0.3) is 0 Å². The lowest BCUT2D eigenvalue weighted by atomic mass is 9.96. The molecule has 0 bridgehead atoms. The van der Waals surface area contributed by atoms with Gasteiger partial charge in [0.1, 0.15) is 0 Å². The number of halogens is 1. The van der Waals surface area contributed by atoms with Crippen molar-refractivity contribution in [1.82, 2.24) is 10.0 Å². The first kappa shape index (κ1) is 18.2. The molecule has 1 fully saturated rings. The summed E-state index contributed by atoms with van der Waals surface area (Å²) in [6.07, 6.45) is 3.04. The summed E-state index contributed by atoms with van der Waals surface area (Å²) in [4.78, 5) is 11.5. The molecule has 0 spiro atoms. The SMILES string of the molecule is COC(=O)c1ccc(S(=O)(=O)NCCC2CCCNC2)cc1Cl. The predicted octanol–water partition coefficient (Wildman–Crippen LogP) is 1.79. The molecule has 2 N–H and O–H groups in total. The molecule has 2 rings (SSSR count). The summed E-state index contributed by atoms with van der Waals surface area (Å²) in [5, 5.41) is 3.36. The van der Waals surface area contributed by atoms with Gasteiger partial charge >= 0.3 is 5.97 Å². The van der Waals surface area contributed by atoms with Gasteiger partial charge in [0.2, 0.25) is 10.0 Å². The van der Waals surface area contributed by atoms with E-state index in [9.17, 15) is 13.2 Å². The lowest BCUT2D eigenvalue weighted by Gasteiger charge is -2.22. The first-order chi connectivity index (χ1) is 10.9. The summed E-state index contributed by atoms with van der Waals surface area (Å²) < 4.78 is 31.7. The molecule has 8 heteroatoms. The number of hydrogen-bond acceptors (Lipinski definition) is 5. The largest absolute Gasteiger partial charge is 0.465 e. The van der Waals surface area contributed by atoms with Gasteiger partial charge in [-0.05, 0) is 56.5 Å². The molecular weight excluding hydrogens is 340 g/mol. The highest BCUT2D eigenvalue weighted by Crippen LogP contribution is 2.22. The van der Waals surface area contributed by atoms with Crippen molar-refractivity contribution < 1.29 is 17.9 Å². The van der Waals surface area contributed by atoms with Crippen LogP contribution in [0.15, 0.2) is 23.1 Å². The number of carbonyl (C=O) groups is 1. The number of carbonyl (C=O) groups excluding carboxylic acids is 1. The summed E-state index contributed by atoms with van der Waals surface area (Å²) in [5.41, 5.74) is 0.140. The zero-order valence-corrected chi connectivity index (χ0v) is 14.5. The van der Waals surface area contributed by atoms with Crippen molar-refractivity contribution >= 4 is 27.6 Å². The Balaban J connectivity index is 1.98. The molecule has 0 saturated carbocycles. The molecule has 1 aliphatic heterocycles. The van der Waals surface area contributed by atoms with Crippen LogP contribution in [-0.2, 0) is 14.8 Å². The van der Waals surface area contributed by atoms with Gasteiger partial charge in [0.05, 0.1) is 22.6 Å². The first-order valence-electron chi connectivity index (χ1n) is 7.52. The normalized spacial score (nSPS) is 18.6. The fraction of sp³-hybridized carbons (Fsp3) is 0.533. The molecule has 1 aliphatic rings. The molecule has 0 aliphatic carbocycles. The third kappa shape index (κ3) is 4.91. The van der Waals surface area contributed by atoms with Crippen LogP contribution in [0.1, 0.15) is 29.6 Å². The monoisotopic (exact) mass is 360 g/mol. The van der Waals surface area contributed by atoms with Gasteiger partial charge in [-0.15, -0.1) is 0 Å². The average molecular weight is 361 g/mol. The molecule has 1 aromatic carbocycles. The highest BCUT2D eigenvalue weighted by atomic mass is 35.5. The lowest BCUT2D eigenvalue weighted by Crippen LogP contribution is -2.33. The van der Waals surface area contributed by atoms with Crippen molar-refractivity contribution in [3.05, 3.63) is 28.8 Å². The Morgan fingerprint density at radius 3 is 2.87 bits per heavy atom. The van der Waals surface area contributed by atoms with Gasteiger partial charge in [-0.25, -0.2) is 17.9 Å². The van der Waals surface area contributed by atoms with Crippen molar-refractivity contribution in [2.75, 3.05) is 26.7 Å². The van der Waals surface area contributed by atoms with Gasteiger partial charge in [0.15, 0.2) is 0 Å². The van der Waals surface area contributed by atoms with Crippen molar-refractivity contribution in [2.45, 2.75) is 24.2 Å². The molecule has 1 heterocycles. The van der Waals surface area contributed by atoms with E-state index in [-0.39, 0.29) is 15.5 Å². The standard InChI is InChI=1S/C15H21ClN2O4S/c1-22-15(19)13-5-4-12(9-14(13)16)23(20,21)18-8-6-11-3-2-7-17-10-11/h4-5,9,11,17-18H,2-3,6-8,10H2,1H3. The summed E-state index contributed by atoms with van der Waals surface area (Å²) >= 11 is 5.96. The van der Waals surface area contributed by atoms with Crippen LogP contribution in [0.5, 0.6) is 0 Å². The molecule has 1 unspecified atom stereocenters. The molecule has 0 radical (unpaired) electrons. The van der Waals surface area contributed by atoms with Gasteiger partial charge in [-0.3, -0.25) is 0 Å². The van der Waals surface area contributed by atoms with Crippen LogP contribution in [0, 0.1) is 5.92 Å². The lowest BCUT2D eigenvalue weighted by molar-refractivity contribution is 0.0601. The smallest absolute Gasteiger partial charge is 0.339 e. The third-order valence-corrected chi connectivity index (χ3v) is 5.67. The number of sulfonamides is 1. The van der Waals surface area contributed by atoms with E-state index in [1.165, 1.54) is 25.3 Å². The minimum Gasteiger partial charge on any atom is -0.465 e. The summed E-state index contributed by atoms with van der Waals surface area (Å²) in [5.74, 6) is -0.103. The second kappa shape index (κ2) is 8.10. The molecule has 128 valence electrons. The first-order valence-corrected chi connectivity index (χ1v) is 9.38. The van der Waals surface area contributed by atoms with E-state index in [4.69, 9.17) is 11.6 Å². The number of ether oxygens (including phenoxy) is 1. The Morgan fingerprint density at radius 2 is 2.26 bits per heavy atom. The van der Waals surface area contributed by atoms with Gasteiger partial charge in [-0.2, -0.15) is 0 Å². The van der Waals surface area contributed by atoms with Crippen molar-refractivity contribution in [1.29, 1.82) is 0 Å². The summed E-state index contributed by atoms with van der Waals surface area (Å²) in [6, 6.07) is 3.97. The average Bonchev–Trinajstić information content (AvgIpc) is 2.55. The van der Waals surface area contributed by atoms with Gasteiger partial charge in [-0.1, -0.05) is 11.6 Å². The maximum atomic E-state index is 12.3. The molecule has 0 amide bonds. The molecule has 1 aromatic rings. The van der Waals surface area contributed by atoms with Crippen molar-refractivity contribution in [3.8, 4) is 0 Å². The Hall–Kier alpha value is -1.15. The van der Waals surface area contributed by atoms with Crippen LogP contribution in [0.2, 0.25) is 5.02 Å². The number of benzene rings is 1. The van der Waals surface area contributed by atoms with E-state index in [1.807, 2.05) is 0 Å². The quantitative estimate of drug-likeness (QED) is 0.755. The highest BCUT2D eigenvalue weighted by molar-refractivity contribution is 7.89. The number of nitrogens with one attached hydrogen (secondary N) is 2. The molecule has 1 saturated heterocycles. The Kier molecular flexibility index (Phi) is 6.41. The Morgan fingerprint density at radius 1 is 1.48 bits per heavy atom. The number of piperidine rings is 1. The van der Waals surface area contributed by atoms with Gasteiger partial charge in [0.25, 0.3) is 0 Å². The Labute approximate surface area is 141 Å². The number of rotatable bonds is 6.